The molecule has 20 heavy (non-hydrogen) atoms. The van der Waals surface area contributed by atoms with Gasteiger partial charge in [0.15, 0.2) is 0 Å². The van der Waals surface area contributed by atoms with Gasteiger partial charge in [-0.15, -0.1) is 0 Å². The molecule has 0 aliphatic carbocycles. The average Bonchev–Trinajstić information content (AvgIpc) is 2.79. The van der Waals surface area contributed by atoms with E-state index in [1.54, 1.807) is 24.3 Å². The van der Waals surface area contributed by atoms with E-state index in [-0.39, 0.29) is 25.6 Å². The maximum absolute atomic E-state index is 12.1. The summed E-state index contributed by atoms with van der Waals surface area (Å²) in [5, 5.41) is 27.5. The molecule has 2 rings (SSSR count). The predicted octanol–water partition coefficient (Wildman–Crippen LogP) is -0.402. The lowest BCUT2D eigenvalue weighted by molar-refractivity contribution is 0.0572. The molecule has 106 valence electrons. The Bertz CT molecular complexity index is 519. The van der Waals surface area contributed by atoms with Crippen molar-refractivity contribution in [2.75, 3.05) is 19.7 Å². The van der Waals surface area contributed by atoms with Gasteiger partial charge in [0, 0.05) is 30.6 Å². The van der Waals surface area contributed by atoms with Gasteiger partial charge in [-0.25, -0.2) is 0 Å². The third-order valence-corrected chi connectivity index (χ3v) is 3.15. The summed E-state index contributed by atoms with van der Waals surface area (Å²) in [7, 11) is 0. The fourth-order valence-electron chi connectivity index (χ4n) is 2.03. The van der Waals surface area contributed by atoms with E-state index in [1.165, 1.54) is 4.90 Å². The molecule has 5 nitrogen and oxygen atoms in total. The number of rotatable bonds is 2. The summed E-state index contributed by atoms with van der Waals surface area (Å²) in [5.41, 5.74) is 1.27. The Kier molecular flexibility index (Phi) is 4.74. The highest BCUT2D eigenvalue weighted by Gasteiger charge is 2.32. The Morgan fingerprint density at radius 3 is 2.35 bits per heavy atom. The lowest BCUT2D eigenvalue weighted by Crippen LogP contribution is -2.29. The van der Waals surface area contributed by atoms with Gasteiger partial charge in [-0.3, -0.25) is 4.79 Å². The Labute approximate surface area is 117 Å². The van der Waals surface area contributed by atoms with Crippen molar-refractivity contribution in [3.05, 3.63) is 35.4 Å². The molecule has 0 radical (unpaired) electrons. The molecule has 2 unspecified atom stereocenters. The van der Waals surface area contributed by atoms with Crippen LogP contribution in [0.4, 0.5) is 0 Å². The molecule has 1 aromatic carbocycles. The summed E-state index contributed by atoms with van der Waals surface area (Å²) in [4.78, 5) is 13.6. The van der Waals surface area contributed by atoms with E-state index < -0.39 is 12.2 Å². The largest absolute Gasteiger partial charge is 0.395 e. The van der Waals surface area contributed by atoms with Crippen molar-refractivity contribution >= 4 is 5.91 Å². The van der Waals surface area contributed by atoms with Crippen LogP contribution in [-0.4, -0.2) is 58.0 Å². The zero-order valence-electron chi connectivity index (χ0n) is 11.0. The van der Waals surface area contributed by atoms with Crippen LogP contribution < -0.4 is 0 Å². The molecule has 2 atom stereocenters. The summed E-state index contributed by atoms with van der Waals surface area (Å²) in [6, 6.07) is 6.81. The minimum absolute atomic E-state index is 0.0309. The van der Waals surface area contributed by atoms with E-state index in [0.29, 0.717) is 12.0 Å². The van der Waals surface area contributed by atoms with Crippen LogP contribution in [0.2, 0.25) is 0 Å². The fraction of sp³-hybridized carbons (Fsp3) is 0.400. The quantitative estimate of drug-likeness (QED) is 0.641. The summed E-state index contributed by atoms with van der Waals surface area (Å²) >= 11 is 0. The van der Waals surface area contributed by atoms with E-state index in [2.05, 4.69) is 11.8 Å². The number of aliphatic hydroxyl groups excluding tert-OH is 3. The maximum Gasteiger partial charge on any atom is 0.254 e. The first-order valence-electron chi connectivity index (χ1n) is 6.47. The number of carbonyl (C=O) groups excluding carboxylic acids is 1. The SMILES string of the molecule is O=C(c1ccc(C#CCCO)cc1)N1CC(O)C(O)C1. The first-order valence-corrected chi connectivity index (χ1v) is 6.47. The maximum atomic E-state index is 12.1. The van der Waals surface area contributed by atoms with Crippen molar-refractivity contribution in [2.24, 2.45) is 0 Å². The van der Waals surface area contributed by atoms with Gasteiger partial charge < -0.3 is 20.2 Å². The molecule has 0 aromatic heterocycles. The van der Waals surface area contributed by atoms with Gasteiger partial charge in [0.05, 0.1) is 18.8 Å². The van der Waals surface area contributed by atoms with Crippen LogP contribution in [0.1, 0.15) is 22.3 Å². The highest BCUT2D eigenvalue weighted by molar-refractivity contribution is 5.94. The molecule has 0 saturated carbocycles. The van der Waals surface area contributed by atoms with Crippen LogP contribution in [0.15, 0.2) is 24.3 Å². The minimum atomic E-state index is -0.873. The molecule has 3 N–H and O–H groups in total. The van der Waals surface area contributed by atoms with Crippen LogP contribution in [0, 0.1) is 11.8 Å². The summed E-state index contributed by atoms with van der Waals surface area (Å²) in [6.45, 7) is 0.333. The number of β-amino-alcohol motifs (C(OH)–C–C–N with tert-alkyl or cyclic N) is 2. The van der Waals surface area contributed by atoms with Crippen LogP contribution in [0.3, 0.4) is 0 Å². The van der Waals surface area contributed by atoms with Gasteiger partial charge in [-0.1, -0.05) is 11.8 Å². The van der Waals surface area contributed by atoms with Crippen LogP contribution in [0.25, 0.3) is 0 Å². The molecular formula is C15H17NO4. The molecule has 1 amide bonds. The Balaban J connectivity index is 2.03. The van der Waals surface area contributed by atoms with E-state index in [1.807, 2.05) is 0 Å². The Morgan fingerprint density at radius 2 is 1.80 bits per heavy atom. The van der Waals surface area contributed by atoms with Crippen molar-refractivity contribution in [1.82, 2.24) is 4.90 Å². The van der Waals surface area contributed by atoms with E-state index >= 15 is 0 Å². The van der Waals surface area contributed by atoms with Crippen LogP contribution in [0.5, 0.6) is 0 Å². The zero-order chi connectivity index (χ0) is 14.5. The van der Waals surface area contributed by atoms with Crippen molar-refractivity contribution in [3.63, 3.8) is 0 Å². The lowest BCUT2D eigenvalue weighted by Gasteiger charge is -2.15. The van der Waals surface area contributed by atoms with Gasteiger partial charge in [0.1, 0.15) is 0 Å². The molecule has 1 heterocycles. The molecule has 1 fully saturated rings. The minimum Gasteiger partial charge on any atom is -0.395 e. The third kappa shape index (κ3) is 3.36. The average molecular weight is 275 g/mol. The van der Waals surface area contributed by atoms with E-state index in [9.17, 15) is 15.0 Å². The molecule has 1 aromatic rings. The molecule has 0 bridgehead atoms. The highest BCUT2D eigenvalue weighted by atomic mass is 16.3. The molecular weight excluding hydrogens is 258 g/mol. The molecule has 5 heteroatoms. The van der Waals surface area contributed by atoms with E-state index in [4.69, 9.17) is 5.11 Å². The van der Waals surface area contributed by atoms with Crippen LogP contribution in [-0.2, 0) is 0 Å². The third-order valence-electron chi connectivity index (χ3n) is 3.15. The lowest BCUT2D eigenvalue weighted by atomic mass is 10.1. The smallest absolute Gasteiger partial charge is 0.254 e. The topological polar surface area (TPSA) is 81.0 Å². The Morgan fingerprint density at radius 1 is 1.20 bits per heavy atom. The zero-order valence-corrected chi connectivity index (χ0v) is 11.0. The molecule has 1 aliphatic heterocycles. The van der Waals surface area contributed by atoms with Gasteiger partial charge >= 0.3 is 0 Å². The number of aliphatic hydroxyl groups is 3. The number of amides is 1. The normalized spacial score (nSPS) is 21.4. The van der Waals surface area contributed by atoms with Gasteiger partial charge in [-0.2, -0.15) is 0 Å². The highest BCUT2D eigenvalue weighted by Crippen LogP contribution is 2.14. The first-order chi connectivity index (χ1) is 9.61. The second kappa shape index (κ2) is 6.53. The second-order valence-electron chi connectivity index (χ2n) is 4.70. The summed E-state index contributed by atoms with van der Waals surface area (Å²) < 4.78 is 0. The standard InChI is InChI=1S/C15H17NO4/c17-8-2-1-3-11-4-6-12(7-5-11)15(20)16-9-13(18)14(19)10-16/h4-7,13-14,17-19H,2,8-10H2. The molecule has 1 aliphatic rings. The number of nitrogens with zero attached hydrogens (tertiary/aromatic N) is 1. The Hall–Kier alpha value is -1.87. The summed E-state index contributed by atoms with van der Waals surface area (Å²) in [6.07, 6.45) is -1.32. The number of carbonyl (C=O) groups is 1. The number of benzene rings is 1. The van der Waals surface area contributed by atoms with Crippen molar-refractivity contribution in [3.8, 4) is 11.8 Å². The predicted molar refractivity (Wildman–Crippen MR) is 72.9 cm³/mol. The molecule has 0 spiro atoms. The molecule has 1 saturated heterocycles. The second-order valence-corrected chi connectivity index (χ2v) is 4.70. The summed E-state index contributed by atoms with van der Waals surface area (Å²) in [5.74, 6) is 5.47. The van der Waals surface area contributed by atoms with Crippen molar-refractivity contribution in [1.29, 1.82) is 0 Å². The monoisotopic (exact) mass is 275 g/mol. The number of likely N-dealkylation sites (tertiary alicyclic amines) is 1. The van der Waals surface area contributed by atoms with Crippen molar-refractivity contribution in [2.45, 2.75) is 18.6 Å². The van der Waals surface area contributed by atoms with Crippen LogP contribution >= 0.6 is 0 Å². The number of hydrogen-bond acceptors (Lipinski definition) is 4. The van der Waals surface area contributed by atoms with Crippen molar-refractivity contribution < 1.29 is 20.1 Å². The van der Waals surface area contributed by atoms with Gasteiger partial charge in [0.25, 0.3) is 5.91 Å². The fourth-order valence-corrected chi connectivity index (χ4v) is 2.03. The first kappa shape index (κ1) is 14.5. The number of hydrogen-bond donors (Lipinski definition) is 3. The van der Waals surface area contributed by atoms with Gasteiger partial charge in [-0.05, 0) is 24.3 Å². The van der Waals surface area contributed by atoms with Gasteiger partial charge in [0.2, 0.25) is 0 Å². The van der Waals surface area contributed by atoms with E-state index in [0.717, 1.165) is 5.56 Å².